The average Bonchev–Trinajstić information content (AvgIpc) is 2.33. The molecule has 0 aliphatic heterocycles. The molecule has 0 atom stereocenters. The van der Waals surface area contributed by atoms with Gasteiger partial charge in [-0.25, -0.2) is 0 Å². The lowest BCUT2D eigenvalue weighted by Crippen LogP contribution is -2.19. The lowest BCUT2D eigenvalue weighted by atomic mass is 10.1. The normalized spacial score (nSPS) is 11.5. The third-order valence-corrected chi connectivity index (χ3v) is 2.86. The van der Waals surface area contributed by atoms with Crippen molar-refractivity contribution in [2.75, 3.05) is 0 Å². The second-order valence-electron chi connectivity index (χ2n) is 4.16. The molecule has 3 rings (SSSR count). The van der Waals surface area contributed by atoms with Gasteiger partial charge in [-0.05, 0) is 29.8 Å². The predicted molar refractivity (Wildman–Crippen MR) is 68.3 cm³/mol. The minimum atomic E-state index is -0.472. The largest absolute Gasteiger partial charge is 0.508 e. The third-order valence-electron chi connectivity index (χ3n) is 2.86. The SMILES string of the molecule is NC(N)c1ccc(-n2oc3cc(O)ccc32)cc1. The Morgan fingerprint density at radius 3 is 2.39 bits per heavy atom. The van der Waals surface area contributed by atoms with Crippen molar-refractivity contribution in [3.8, 4) is 11.4 Å². The first kappa shape index (κ1) is 10.9. The summed E-state index contributed by atoms with van der Waals surface area (Å²) in [6.45, 7) is 0. The Kier molecular flexibility index (Phi) is 2.36. The van der Waals surface area contributed by atoms with Gasteiger partial charge in [0.1, 0.15) is 11.3 Å². The van der Waals surface area contributed by atoms with Crippen LogP contribution in [0.15, 0.2) is 47.0 Å². The first-order valence-corrected chi connectivity index (χ1v) is 5.57. The number of phenols is 1. The van der Waals surface area contributed by atoms with Crippen molar-refractivity contribution < 1.29 is 9.63 Å². The van der Waals surface area contributed by atoms with E-state index in [2.05, 4.69) is 0 Å². The number of nitrogens with two attached hydrogens (primary N) is 2. The first-order valence-electron chi connectivity index (χ1n) is 5.57. The van der Waals surface area contributed by atoms with Crippen molar-refractivity contribution >= 4 is 11.1 Å². The van der Waals surface area contributed by atoms with E-state index in [-0.39, 0.29) is 5.75 Å². The van der Waals surface area contributed by atoms with Crippen molar-refractivity contribution in [3.63, 3.8) is 0 Å². The Bertz CT molecular complexity index is 680. The molecule has 0 unspecified atom stereocenters. The highest BCUT2D eigenvalue weighted by Gasteiger charge is 2.11. The van der Waals surface area contributed by atoms with Gasteiger partial charge >= 0.3 is 0 Å². The quantitative estimate of drug-likeness (QED) is 0.599. The van der Waals surface area contributed by atoms with Crippen molar-refractivity contribution in [1.82, 2.24) is 4.74 Å². The summed E-state index contributed by atoms with van der Waals surface area (Å²) in [6.07, 6.45) is -0.472. The van der Waals surface area contributed by atoms with E-state index in [1.165, 1.54) is 0 Å². The van der Waals surface area contributed by atoms with E-state index in [0.717, 1.165) is 16.8 Å². The smallest absolute Gasteiger partial charge is 0.186 e. The third kappa shape index (κ3) is 1.66. The van der Waals surface area contributed by atoms with Gasteiger partial charge in [0.15, 0.2) is 5.58 Å². The maximum Gasteiger partial charge on any atom is 0.186 e. The summed E-state index contributed by atoms with van der Waals surface area (Å²) in [4.78, 5) is 0. The van der Waals surface area contributed by atoms with Crippen molar-refractivity contribution in [2.45, 2.75) is 6.17 Å². The van der Waals surface area contributed by atoms with E-state index >= 15 is 0 Å². The monoisotopic (exact) mass is 243 g/mol. The molecule has 0 radical (unpaired) electrons. The molecule has 5 heteroatoms. The predicted octanol–water partition coefficient (Wildman–Crippen LogP) is 1.85. The molecule has 1 heterocycles. The Balaban J connectivity index is 2.00. The van der Waals surface area contributed by atoms with Gasteiger partial charge < -0.3 is 21.1 Å². The van der Waals surface area contributed by atoms with Crippen LogP contribution >= 0.6 is 0 Å². The Hall–Kier alpha value is -2.24. The number of benzene rings is 2. The van der Waals surface area contributed by atoms with Gasteiger partial charge in [-0.15, -0.1) is 0 Å². The van der Waals surface area contributed by atoms with Crippen LogP contribution in [0.3, 0.4) is 0 Å². The Morgan fingerprint density at radius 2 is 1.78 bits per heavy atom. The molecular weight excluding hydrogens is 230 g/mol. The van der Waals surface area contributed by atoms with Gasteiger partial charge in [0.25, 0.3) is 0 Å². The van der Waals surface area contributed by atoms with Crippen LogP contribution in [-0.4, -0.2) is 9.85 Å². The summed E-state index contributed by atoms with van der Waals surface area (Å²) < 4.78 is 7.14. The fourth-order valence-corrected chi connectivity index (χ4v) is 1.88. The summed E-state index contributed by atoms with van der Waals surface area (Å²) in [5.41, 5.74) is 14.5. The van der Waals surface area contributed by atoms with Crippen LogP contribution in [0.25, 0.3) is 16.8 Å². The second-order valence-corrected chi connectivity index (χ2v) is 4.16. The van der Waals surface area contributed by atoms with E-state index in [4.69, 9.17) is 16.0 Å². The minimum absolute atomic E-state index is 0.192. The maximum atomic E-state index is 9.30. The van der Waals surface area contributed by atoms with Crippen molar-refractivity contribution in [3.05, 3.63) is 48.0 Å². The van der Waals surface area contributed by atoms with Crippen LogP contribution in [-0.2, 0) is 0 Å². The molecule has 0 bridgehead atoms. The average molecular weight is 243 g/mol. The number of rotatable bonds is 2. The van der Waals surface area contributed by atoms with Gasteiger partial charge in [-0.3, -0.25) is 0 Å². The maximum absolute atomic E-state index is 9.30. The molecule has 0 amide bonds. The molecule has 5 N–H and O–H groups in total. The van der Waals surface area contributed by atoms with Gasteiger partial charge in [0, 0.05) is 6.07 Å². The van der Waals surface area contributed by atoms with Gasteiger partial charge in [0.05, 0.1) is 11.9 Å². The summed E-state index contributed by atoms with van der Waals surface area (Å²) in [5, 5.41) is 9.30. The van der Waals surface area contributed by atoms with Crippen LogP contribution in [0.5, 0.6) is 5.75 Å². The van der Waals surface area contributed by atoms with Gasteiger partial charge in [0.2, 0.25) is 0 Å². The molecule has 0 spiro atoms. The zero-order valence-corrected chi connectivity index (χ0v) is 9.58. The standard InChI is InChI=1S/C13H13N3O2/c14-13(15)8-1-3-9(4-2-8)16-11-6-5-10(17)7-12(11)18-16/h1-7,13,17H,14-15H2. The van der Waals surface area contributed by atoms with E-state index in [1.54, 1.807) is 22.9 Å². The fraction of sp³-hybridized carbons (Fsp3) is 0.0769. The minimum Gasteiger partial charge on any atom is -0.508 e. The van der Waals surface area contributed by atoms with Crippen LogP contribution in [0, 0.1) is 0 Å². The van der Waals surface area contributed by atoms with Crippen LogP contribution in [0.2, 0.25) is 0 Å². The molecule has 3 aromatic rings. The Morgan fingerprint density at radius 1 is 1.06 bits per heavy atom. The molecule has 0 saturated heterocycles. The fourth-order valence-electron chi connectivity index (χ4n) is 1.88. The molecule has 0 saturated carbocycles. The zero-order chi connectivity index (χ0) is 12.7. The lowest BCUT2D eigenvalue weighted by molar-refractivity contribution is 0.345. The highest BCUT2D eigenvalue weighted by atomic mass is 16.5. The number of aromatic nitrogens is 1. The Labute approximate surface area is 103 Å². The number of fused-ring (bicyclic) bond motifs is 1. The van der Waals surface area contributed by atoms with E-state index in [1.807, 2.05) is 24.3 Å². The number of hydrogen-bond donors (Lipinski definition) is 3. The number of nitrogens with zero attached hydrogens (tertiary/aromatic N) is 1. The molecular formula is C13H13N3O2. The molecule has 92 valence electrons. The summed E-state index contributed by atoms with van der Waals surface area (Å²) in [5.74, 6) is 0.192. The summed E-state index contributed by atoms with van der Waals surface area (Å²) in [7, 11) is 0. The zero-order valence-electron chi connectivity index (χ0n) is 9.58. The van der Waals surface area contributed by atoms with E-state index in [0.29, 0.717) is 5.58 Å². The number of aromatic hydroxyl groups is 1. The second kappa shape index (κ2) is 3.90. The van der Waals surface area contributed by atoms with Crippen molar-refractivity contribution in [1.29, 1.82) is 0 Å². The lowest BCUT2D eigenvalue weighted by Gasteiger charge is -2.15. The van der Waals surface area contributed by atoms with Gasteiger partial charge in [-0.1, -0.05) is 12.1 Å². The molecule has 0 fully saturated rings. The number of phenolic OH excluding ortho intramolecular Hbond substituents is 1. The summed E-state index contributed by atoms with van der Waals surface area (Å²) in [6, 6.07) is 12.5. The molecule has 2 aromatic carbocycles. The molecule has 0 aliphatic carbocycles. The highest BCUT2D eigenvalue weighted by molar-refractivity contribution is 5.77. The van der Waals surface area contributed by atoms with Crippen molar-refractivity contribution in [2.24, 2.45) is 11.5 Å². The molecule has 1 aromatic heterocycles. The van der Waals surface area contributed by atoms with Crippen LogP contribution in [0.4, 0.5) is 0 Å². The highest BCUT2D eigenvalue weighted by Crippen LogP contribution is 2.27. The molecule has 18 heavy (non-hydrogen) atoms. The molecule has 0 aliphatic rings. The van der Waals surface area contributed by atoms with Crippen LogP contribution in [0.1, 0.15) is 11.7 Å². The van der Waals surface area contributed by atoms with E-state index in [9.17, 15) is 5.11 Å². The molecule has 5 nitrogen and oxygen atoms in total. The van der Waals surface area contributed by atoms with Crippen LogP contribution < -0.4 is 11.5 Å². The number of hydrogen-bond acceptors (Lipinski definition) is 4. The topological polar surface area (TPSA) is 90.3 Å². The van der Waals surface area contributed by atoms with E-state index < -0.39 is 6.17 Å². The first-order chi connectivity index (χ1) is 8.65. The summed E-state index contributed by atoms with van der Waals surface area (Å²) >= 11 is 0. The van der Waals surface area contributed by atoms with Gasteiger partial charge in [-0.2, -0.15) is 4.74 Å².